The largest absolute Gasteiger partial charge is 0.311 e. The monoisotopic (exact) mass is 786 g/mol. The third-order valence-electron chi connectivity index (χ3n) is 11.7. The number of anilines is 6. The lowest BCUT2D eigenvalue weighted by Crippen LogP contribution is -2.11. The molecule has 9 aromatic rings. The first-order chi connectivity index (χ1) is 29.8. The standard InChI is InChI=1S/C59H50N2/c1-41-14-27-48(28-15-41)60(49-29-16-42(2)17-30-49)50-33-21-46(22-34-50)25-37-57-53-10-6-8-12-55(53)58(56-13-9-7-11-54(56)57)38-26-47-23-35-52(36-24-47)61(51-31-18-43(3)19-32-51)59-39-20-44(4)40-45(59)5/h6-40H,1-5H3. The van der Waals surface area contributed by atoms with Crippen molar-refractivity contribution in [2.45, 2.75) is 34.6 Å². The average Bonchev–Trinajstić information content (AvgIpc) is 3.28. The molecule has 0 aliphatic rings. The summed E-state index contributed by atoms with van der Waals surface area (Å²) >= 11 is 0. The van der Waals surface area contributed by atoms with Gasteiger partial charge in [0, 0.05) is 34.1 Å². The van der Waals surface area contributed by atoms with E-state index in [-0.39, 0.29) is 0 Å². The Morgan fingerprint density at radius 1 is 0.295 bits per heavy atom. The van der Waals surface area contributed by atoms with E-state index in [0.717, 1.165) is 39.6 Å². The summed E-state index contributed by atoms with van der Waals surface area (Å²) in [5.41, 5.74) is 17.9. The molecule has 0 fully saturated rings. The molecule has 0 N–H and O–H groups in total. The molecule has 9 rings (SSSR count). The summed E-state index contributed by atoms with van der Waals surface area (Å²) in [6.45, 7) is 10.7. The Balaban J connectivity index is 1.03. The van der Waals surface area contributed by atoms with Crippen molar-refractivity contribution in [1.82, 2.24) is 0 Å². The van der Waals surface area contributed by atoms with Gasteiger partial charge in [-0.15, -0.1) is 0 Å². The summed E-state index contributed by atoms with van der Waals surface area (Å²) in [5, 5.41) is 4.93. The first-order valence-corrected chi connectivity index (χ1v) is 21.2. The summed E-state index contributed by atoms with van der Waals surface area (Å²) in [6.07, 6.45) is 9.08. The first kappa shape index (κ1) is 39.1. The molecule has 0 bridgehead atoms. The zero-order chi connectivity index (χ0) is 41.9. The van der Waals surface area contributed by atoms with E-state index in [1.807, 2.05) is 0 Å². The van der Waals surface area contributed by atoms with Crippen molar-refractivity contribution >= 4 is 80.0 Å². The van der Waals surface area contributed by atoms with E-state index in [1.54, 1.807) is 0 Å². The average molecular weight is 787 g/mol. The molecule has 0 amide bonds. The van der Waals surface area contributed by atoms with E-state index in [0.29, 0.717) is 0 Å². The number of hydrogen-bond donors (Lipinski definition) is 0. The maximum absolute atomic E-state index is 2.36. The van der Waals surface area contributed by atoms with Crippen LogP contribution >= 0.6 is 0 Å². The Kier molecular flexibility index (Phi) is 10.9. The van der Waals surface area contributed by atoms with Gasteiger partial charge in [0.2, 0.25) is 0 Å². The van der Waals surface area contributed by atoms with Crippen molar-refractivity contribution < 1.29 is 0 Å². The van der Waals surface area contributed by atoms with Crippen LogP contribution in [-0.2, 0) is 0 Å². The molecule has 2 heteroatoms. The van der Waals surface area contributed by atoms with Crippen molar-refractivity contribution in [2.75, 3.05) is 9.80 Å². The van der Waals surface area contributed by atoms with Crippen LogP contribution in [0.4, 0.5) is 34.1 Å². The summed E-state index contributed by atoms with van der Waals surface area (Å²) in [7, 11) is 0. The predicted octanol–water partition coefficient (Wildman–Crippen LogP) is 16.8. The van der Waals surface area contributed by atoms with Gasteiger partial charge in [-0.25, -0.2) is 0 Å². The second-order valence-electron chi connectivity index (χ2n) is 16.2. The molecule has 2 nitrogen and oxygen atoms in total. The number of nitrogens with zero attached hydrogens (tertiary/aromatic N) is 2. The van der Waals surface area contributed by atoms with Gasteiger partial charge in [-0.05, 0) is 151 Å². The Hall–Kier alpha value is -7.42. The van der Waals surface area contributed by atoms with Crippen molar-refractivity contribution in [2.24, 2.45) is 0 Å². The van der Waals surface area contributed by atoms with Gasteiger partial charge in [-0.2, -0.15) is 0 Å². The second-order valence-corrected chi connectivity index (χ2v) is 16.2. The molecule has 0 heterocycles. The fourth-order valence-electron chi connectivity index (χ4n) is 8.40. The van der Waals surface area contributed by atoms with Gasteiger partial charge in [-0.1, -0.05) is 168 Å². The lowest BCUT2D eigenvalue weighted by atomic mass is 9.91. The number of benzene rings is 9. The molecule has 0 aliphatic carbocycles. The molecule has 0 saturated carbocycles. The lowest BCUT2D eigenvalue weighted by Gasteiger charge is -2.27. The van der Waals surface area contributed by atoms with E-state index < -0.39 is 0 Å². The maximum Gasteiger partial charge on any atom is 0.0490 e. The molecular weight excluding hydrogens is 737 g/mol. The predicted molar refractivity (Wildman–Crippen MR) is 265 cm³/mol. The fraction of sp³-hybridized carbons (Fsp3) is 0.0847. The molecule has 0 saturated heterocycles. The highest BCUT2D eigenvalue weighted by atomic mass is 15.1. The SMILES string of the molecule is Cc1ccc(N(c2ccc(C)cc2)c2ccc(C=Cc3c4ccccc4c(C=Cc4ccc(N(c5ccc(C)cc5)c5ccc(C)cc5C)cc4)c4ccccc34)cc2)cc1. The molecule has 9 aromatic carbocycles. The lowest BCUT2D eigenvalue weighted by molar-refractivity contribution is 1.23. The van der Waals surface area contributed by atoms with Gasteiger partial charge >= 0.3 is 0 Å². The van der Waals surface area contributed by atoms with E-state index in [1.165, 1.54) is 66.2 Å². The summed E-state index contributed by atoms with van der Waals surface area (Å²) in [4.78, 5) is 4.68. The van der Waals surface area contributed by atoms with Crippen molar-refractivity contribution in [3.8, 4) is 0 Å². The Labute approximate surface area is 361 Å². The van der Waals surface area contributed by atoms with Crippen LogP contribution in [0.5, 0.6) is 0 Å². The first-order valence-electron chi connectivity index (χ1n) is 21.2. The van der Waals surface area contributed by atoms with Crippen LogP contribution in [0.15, 0.2) is 188 Å². The second kappa shape index (κ2) is 17.0. The van der Waals surface area contributed by atoms with E-state index in [9.17, 15) is 0 Å². The van der Waals surface area contributed by atoms with E-state index in [2.05, 4.69) is 257 Å². The Morgan fingerprint density at radius 2 is 0.607 bits per heavy atom. The van der Waals surface area contributed by atoms with Crippen LogP contribution < -0.4 is 9.80 Å². The van der Waals surface area contributed by atoms with Gasteiger partial charge in [-0.3, -0.25) is 0 Å². The highest BCUT2D eigenvalue weighted by Crippen LogP contribution is 2.39. The molecule has 0 radical (unpaired) electrons. The van der Waals surface area contributed by atoms with E-state index >= 15 is 0 Å². The summed E-state index contributed by atoms with van der Waals surface area (Å²) < 4.78 is 0. The molecular formula is C59H50N2. The van der Waals surface area contributed by atoms with Gasteiger partial charge in [0.1, 0.15) is 0 Å². The molecule has 61 heavy (non-hydrogen) atoms. The number of fused-ring (bicyclic) bond motifs is 2. The molecule has 296 valence electrons. The maximum atomic E-state index is 2.36. The Bertz CT molecular complexity index is 2920. The molecule has 0 aliphatic heterocycles. The molecule has 0 spiro atoms. The van der Waals surface area contributed by atoms with Crippen LogP contribution in [0.1, 0.15) is 50.1 Å². The minimum atomic E-state index is 1.12. The minimum absolute atomic E-state index is 1.12. The van der Waals surface area contributed by atoms with Crippen LogP contribution in [0.3, 0.4) is 0 Å². The van der Waals surface area contributed by atoms with Crippen molar-refractivity contribution in [1.29, 1.82) is 0 Å². The molecule has 0 unspecified atom stereocenters. The summed E-state index contributed by atoms with van der Waals surface area (Å²) in [6, 6.07) is 68.4. The number of hydrogen-bond acceptors (Lipinski definition) is 2. The fourth-order valence-corrected chi connectivity index (χ4v) is 8.40. The van der Waals surface area contributed by atoms with Gasteiger partial charge in [0.15, 0.2) is 0 Å². The topological polar surface area (TPSA) is 6.48 Å². The molecule has 0 aromatic heterocycles. The highest BCUT2D eigenvalue weighted by molar-refractivity contribution is 6.14. The van der Waals surface area contributed by atoms with Crippen LogP contribution in [0, 0.1) is 34.6 Å². The van der Waals surface area contributed by atoms with Crippen LogP contribution in [0.25, 0.3) is 45.8 Å². The zero-order valence-corrected chi connectivity index (χ0v) is 35.6. The zero-order valence-electron chi connectivity index (χ0n) is 35.6. The summed E-state index contributed by atoms with van der Waals surface area (Å²) in [5.74, 6) is 0. The smallest absolute Gasteiger partial charge is 0.0490 e. The number of aryl methyl sites for hydroxylation is 5. The third-order valence-corrected chi connectivity index (χ3v) is 11.7. The van der Waals surface area contributed by atoms with Crippen molar-refractivity contribution in [3.05, 3.63) is 238 Å². The normalized spacial score (nSPS) is 11.6. The highest BCUT2D eigenvalue weighted by Gasteiger charge is 2.16. The van der Waals surface area contributed by atoms with Gasteiger partial charge in [0.25, 0.3) is 0 Å². The molecule has 0 atom stereocenters. The van der Waals surface area contributed by atoms with Gasteiger partial charge < -0.3 is 9.80 Å². The van der Waals surface area contributed by atoms with Crippen LogP contribution in [0.2, 0.25) is 0 Å². The Morgan fingerprint density at radius 3 is 0.951 bits per heavy atom. The van der Waals surface area contributed by atoms with Gasteiger partial charge in [0.05, 0.1) is 0 Å². The quantitative estimate of drug-likeness (QED) is 0.101. The third kappa shape index (κ3) is 8.26. The van der Waals surface area contributed by atoms with Crippen molar-refractivity contribution in [3.63, 3.8) is 0 Å². The van der Waals surface area contributed by atoms with Crippen LogP contribution in [-0.4, -0.2) is 0 Å². The van der Waals surface area contributed by atoms with E-state index in [4.69, 9.17) is 0 Å². The minimum Gasteiger partial charge on any atom is -0.311 e. The number of rotatable bonds is 10.